The van der Waals surface area contributed by atoms with Gasteiger partial charge in [-0.05, 0) is 61.0 Å². The van der Waals surface area contributed by atoms with Crippen LogP contribution in [0.1, 0.15) is 32.3 Å². The molecule has 1 aliphatic rings. The van der Waals surface area contributed by atoms with Gasteiger partial charge in [0, 0.05) is 36.4 Å². The van der Waals surface area contributed by atoms with Gasteiger partial charge in [-0.2, -0.15) is 4.98 Å². The summed E-state index contributed by atoms with van der Waals surface area (Å²) in [5.74, 6) is 2.01. The first kappa shape index (κ1) is 18.6. The average molecular weight is 399 g/mol. The smallest absolute Gasteiger partial charge is 0.270 e. The molecule has 0 radical (unpaired) electrons. The molecule has 6 nitrogen and oxygen atoms in total. The number of fused-ring (bicyclic) bond motifs is 1. The molecule has 2 aromatic carbocycles. The summed E-state index contributed by atoms with van der Waals surface area (Å²) in [6.45, 7) is 6.93. The van der Waals surface area contributed by atoms with Crippen molar-refractivity contribution in [3.8, 4) is 17.2 Å². The number of hydrogen-bond acceptors (Lipinski definition) is 6. The quantitative estimate of drug-likeness (QED) is 0.614. The van der Waals surface area contributed by atoms with Crippen molar-refractivity contribution in [1.29, 1.82) is 0 Å². The molecule has 0 fully saturated rings. The fourth-order valence-corrected chi connectivity index (χ4v) is 3.66. The fourth-order valence-electron chi connectivity index (χ4n) is 3.44. The summed E-state index contributed by atoms with van der Waals surface area (Å²) in [5, 5.41) is 7.91. The molecular weight excluding hydrogens is 376 g/mol. The highest BCUT2D eigenvalue weighted by atomic mass is 35.5. The molecule has 1 aromatic heterocycles. The van der Waals surface area contributed by atoms with Crippen LogP contribution in [0, 0.1) is 0 Å². The van der Waals surface area contributed by atoms with Crippen LogP contribution in [0.4, 0.5) is 17.3 Å². The molecule has 7 heteroatoms. The van der Waals surface area contributed by atoms with Crippen LogP contribution in [0.25, 0.3) is 11.5 Å². The predicted octanol–water partition coefficient (Wildman–Crippen LogP) is 5.47. The van der Waals surface area contributed by atoms with Crippen LogP contribution in [-0.4, -0.2) is 29.8 Å². The van der Waals surface area contributed by atoms with Crippen LogP contribution in [0.5, 0.6) is 5.75 Å². The van der Waals surface area contributed by atoms with Crippen molar-refractivity contribution < 1.29 is 9.26 Å². The van der Waals surface area contributed by atoms with E-state index < -0.39 is 0 Å². The molecule has 1 N–H and O–H groups in total. The first-order valence-corrected chi connectivity index (χ1v) is 9.73. The Labute approximate surface area is 169 Å². The van der Waals surface area contributed by atoms with Gasteiger partial charge in [-0.3, -0.25) is 0 Å². The van der Waals surface area contributed by atoms with E-state index in [1.807, 2.05) is 33.0 Å². The number of hydrogen-bond donors (Lipinski definition) is 1. The summed E-state index contributed by atoms with van der Waals surface area (Å²) in [5.41, 5.74) is 4.24. The maximum atomic E-state index is 6.34. The van der Waals surface area contributed by atoms with E-state index in [4.69, 9.17) is 20.9 Å². The van der Waals surface area contributed by atoms with Crippen molar-refractivity contribution in [2.45, 2.75) is 32.8 Å². The Kier molecular flexibility index (Phi) is 4.89. The molecule has 1 atom stereocenters. The van der Waals surface area contributed by atoms with Crippen LogP contribution in [0.3, 0.4) is 0 Å². The number of ether oxygens (including phenoxy) is 1. The van der Waals surface area contributed by atoms with Crippen molar-refractivity contribution in [2.24, 2.45) is 0 Å². The van der Waals surface area contributed by atoms with E-state index in [1.54, 1.807) is 6.07 Å². The Hall–Kier alpha value is -2.73. The summed E-state index contributed by atoms with van der Waals surface area (Å²) in [6.07, 6.45) is 0.0546. The third-order valence-electron chi connectivity index (χ3n) is 4.79. The number of benzene rings is 2. The lowest BCUT2D eigenvalue weighted by molar-refractivity contribution is 0.242. The molecule has 0 saturated heterocycles. The van der Waals surface area contributed by atoms with E-state index in [0.717, 1.165) is 23.5 Å². The van der Waals surface area contributed by atoms with Crippen LogP contribution < -0.4 is 15.0 Å². The molecular formula is C21H23ClN4O2. The first-order valence-electron chi connectivity index (χ1n) is 9.35. The van der Waals surface area contributed by atoms with Gasteiger partial charge < -0.3 is 19.5 Å². The molecule has 3 aromatic rings. The monoisotopic (exact) mass is 398 g/mol. The van der Waals surface area contributed by atoms with E-state index in [1.165, 1.54) is 5.56 Å². The van der Waals surface area contributed by atoms with Gasteiger partial charge in [-0.1, -0.05) is 18.5 Å². The van der Waals surface area contributed by atoms with Gasteiger partial charge in [0.2, 0.25) is 0 Å². The lowest BCUT2D eigenvalue weighted by Crippen LogP contribution is -2.15. The molecule has 0 saturated carbocycles. The van der Waals surface area contributed by atoms with Gasteiger partial charge in [0.1, 0.15) is 5.75 Å². The number of halogens is 1. The second-order valence-corrected chi connectivity index (χ2v) is 7.65. The highest BCUT2D eigenvalue weighted by molar-refractivity contribution is 6.32. The lowest BCUT2D eigenvalue weighted by atomic mass is 10.0. The Morgan fingerprint density at radius 2 is 2.07 bits per heavy atom. The van der Waals surface area contributed by atoms with Gasteiger partial charge >= 0.3 is 0 Å². The minimum atomic E-state index is 0.0546. The lowest BCUT2D eigenvalue weighted by Gasteiger charge is -2.14. The molecule has 2 heterocycles. The first-order chi connectivity index (χ1) is 13.5. The normalized spacial score (nSPS) is 15.8. The van der Waals surface area contributed by atoms with E-state index >= 15 is 0 Å². The van der Waals surface area contributed by atoms with E-state index in [0.29, 0.717) is 28.5 Å². The van der Waals surface area contributed by atoms with Crippen molar-refractivity contribution in [3.63, 3.8) is 0 Å². The zero-order valence-corrected chi connectivity index (χ0v) is 17.1. The van der Waals surface area contributed by atoms with Crippen LogP contribution >= 0.6 is 11.6 Å². The number of anilines is 3. The van der Waals surface area contributed by atoms with E-state index in [-0.39, 0.29) is 6.10 Å². The number of nitrogens with one attached hydrogen (secondary N) is 1. The summed E-state index contributed by atoms with van der Waals surface area (Å²) in [6, 6.07) is 11.8. The summed E-state index contributed by atoms with van der Waals surface area (Å²) >= 11 is 6.34. The Morgan fingerprint density at radius 3 is 2.79 bits per heavy atom. The van der Waals surface area contributed by atoms with Crippen molar-refractivity contribution in [3.05, 3.63) is 47.0 Å². The van der Waals surface area contributed by atoms with Gasteiger partial charge in [0.25, 0.3) is 11.8 Å². The Balaban J connectivity index is 1.62. The van der Waals surface area contributed by atoms with Gasteiger partial charge in [-0.15, -0.1) is 0 Å². The molecule has 1 unspecified atom stereocenters. The standard InChI is InChI=1S/C21H23ClN4O2/c1-12(2)27-19-8-5-14(9-17(19)22)20-24-21(25-28-20)26-11-13(3)16-10-15(23-4)6-7-18(16)26/h5-10,12-13,23H,11H2,1-4H3. The zero-order valence-electron chi connectivity index (χ0n) is 16.4. The molecule has 4 rings (SSSR count). The van der Waals surface area contributed by atoms with Gasteiger partial charge in [0.05, 0.1) is 11.1 Å². The average Bonchev–Trinajstić information content (AvgIpc) is 3.28. The summed E-state index contributed by atoms with van der Waals surface area (Å²) in [4.78, 5) is 6.69. The van der Waals surface area contributed by atoms with E-state index in [2.05, 4.69) is 45.5 Å². The number of rotatable bonds is 5. The second kappa shape index (κ2) is 7.36. The van der Waals surface area contributed by atoms with Crippen LogP contribution in [0.2, 0.25) is 5.02 Å². The van der Waals surface area contributed by atoms with Gasteiger partial charge in [0.15, 0.2) is 0 Å². The zero-order chi connectivity index (χ0) is 19.8. The molecule has 0 amide bonds. The minimum Gasteiger partial charge on any atom is -0.489 e. The minimum absolute atomic E-state index is 0.0546. The number of nitrogens with zero attached hydrogens (tertiary/aromatic N) is 3. The Bertz CT molecular complexity index is 1000. The Morgan fingerprint density at radius 1 is 1.25 bits per heavy atom. The SMILES string of the molecule is CNc1ccc2c(c1)C(C)CN2c1noc(-c2ccc(OC(C)C)c(Cl)c2)n1. The molecule has 0 spiro atoms. The maximum absolute atomic E-state index is 6.34. The molecule has 0 bridgehead atoms. The predicted molar refractivity (Wildman–Crippen MR) is 112 cm³/mol. The van der Waals surface area contributed by atoms with Crippen LogP contribution in [0.15, 0.2) is 40.9 Å². The topological polar surface area (TPSA) is 63.4 Å². The number of aromatic nitrogens is 2. The highest BCUT2D eigenvalue weighted by Crippen LogP contribution is 2.41. The molecule has 146 valence electrons. The molecule has 0 aliphatic carbocycles. The van der Waals surface area contributed by atoms with Gasteiger partial charge in [-0.25, -0.2) is 0 Å². The van der Waals surface area contributed by atoms with E-state index in [9.17, 15) is 0 Å². The van der Waals surface area contributed by atoms with Crippen molar-refractivity contribution in [1.82, 2.24) is 10.1 Å². The fraction of sp³-hybridized carbons (Fsp3) is 0.333. The van der Waals surface area contributed by atoms with Crippen LogP contribution in [-0.2, 0) is 0 Å². The van der Waals surface area contributed by atoms with Crippen molar-refractivity contribution >= 4 is 28.9 Å². The third kappa shape index (κ3) is 3.40. The summed E-state index contributed by atoms with van der Waals surface area (Å²) < 4.78 is 11.2. The third-order valence-corrected chi connectivity index (χ3v) is 5.09. The maximum Gasteiger partial charge on any atom is 0.270 e. The molecule has 1 aliphatic heterocycles. The highest BCUT2D eigenvalue weighted by Gasteiger charge is 2.30. The van der Waals surface area contributed by atoms with Crippen molar-refractivity contribution in [2.75, 3.05) is 23.8 Å². The largest absolute Gasteiger partial charge is 0.489 e. The summed E-state index contributed by atoms with van der Waals surface area (Å²) in [7, 11) is 1.92. The molecule has 28 heavy (non-hydrogen) atoms. The second-order valence-electron chi connectivity index (χ2n) is 7.25.